The summed E-state index contributed by atoms with van der Waals surface area (Å²) >= 11 is 0. The van der Waals surface area contributed by atoms with Gasteiger partial charge in [-0.25, -0.2) is 0 Å². The molecule has 0 saturated carbocycles. The molecule has 1 N–H and O–H groups in total. The SMILES string of the molecule is O=P#Cc1ccc(C(=O)O)cc1. The van der Waals surface area contributed by atoms with Crippen LogP contribution in [0.4, 0.5) is 0 Å². The molecular weight excluding hydrogens is 175 g/mol. The van der Waals surface area contributed by atoms with Crippen molar-refractivity contribution in [1.82, 2.24) is 0 Å². The van der Waals surface area contributed by atoms with Gasteiger partial charge >= 0.3 is 69.4 Å². The van der Waals surface area contributed by atoms with Crippen LogP contribution in [0.15, 0.2) is 24.3 Å². The Hall–Kier alpha value is -1.30. The molecule has 3 nitrogen and oxygen atoms in total. The van der Waals surface area contributed by atoms with Crippen molar-refractivity contribution in [2.75, 3.05) is 0 Å². The predicted molar refractivity (Wildman–Crippen MR) is 44.0 cm³/mol. The van der Waals surface area contributed by atoms with E-state index in [2.05, 4.69) is 5.63 Å². The number of hydrogen-bond acceptors (Lipinski definition) is 2. The van der Waals surface area contributed by atoms with Crippen LogP contribution in [-0.4, -0.2) is 11.1 Å². The number of carboxylic acids is 1. The Bertz CT molecular complexity index is 388. The van der Waals surface area contributed by atoms with Crippen molar-refractivity contribution < 1.29 is 14.5 Å². The molecule has 0 aliphatic carbocycles. The van der Waals surface area contributed by atoms with Crippen LogP contribution in [0, 0.1) is 5.63 Å². The van der Waals surface area contributed by atoms with E-state index in [0.717, 1.165) is 0 Å². The van der Waals surface area contributed by atoms with E-state index in [-0.39, 0.29) is 13.5 Å². The molecule has 0 saturated heterocycles. The van der Waals surface area contributed by atoms with Crippen molar-refractivity contribution in [1.29, 1.82) is 0 Å². The van der Waals surface area contributed by atoms with Gasteiger partial charge in [-0.15, -0.1) is 0 Å². The van der Waals surface area contributed by atoms with Crippen molar-refractivity contribution in [3.63, 3.8) is 0 Å². The molecule has 1 aromatic carbocycles. The molecule has 0 heterocycles. The average Bonchev–Trinajstić information content (AvgIpc) is 2.06. The average molecular weight is 180 g/mol. The number of rotatable bonds is 1. The number of aromatic carboxylic acids is 1. The molecule has 0 amide bonds. The summed E-state index contributed by atoms with van der Waals surface area (Å²) in [6.07, 6.45) is 0. The molecule has 0 aliphatic rings. The number of carbonyl (C=O) groups is 1. The first kappa shape index (κ1) is 8.79. The quantitative estimate of drug-likeness (QED) is 0.672. The van der Waals surface area contributed by atoms with Crippen LogP contribution in [0.25, 0.3) is 0 Å². The van der Waals surface area contributed by atoms with Crippen LogP contribution in [0.3, 0.4) is 0 Å². The van der Waals surface area contributed by atoms with Crippen LogP contribution in [-0.2, 0) is 4.57 Å². The summed E-state index contributed by atoms with van der Waals surface area (Å²) in [5.74, 6) is -0.971. The Morgan fingerprint density at radius 3 is 2.33 bits per heavy atom. The first-order valence-electron chi connectivity index (χ1n) is 3.16. The zero-order valence-electron chi connectivity index (χ0n) is 6.02. The van der Waals surface area contributed by atoms with E-state index >= 15 is 0 Å². The molecule has 1 rings (SSSR count). The van der Waals surface area contributed by atoms with Gasteiger partial charge in [-0.1, -0.05) is 0 Å². The van der Waals surface area contributed by atoms with Crippen LogP contribution < -0.4 is 0 Å². The minimum absolute atomic E-state index is 0.200. The van der Waals surface area contributed by atoms with Gasteiger partial charge in [-0.3, -0.25) is 0 Å². The molecule has 12 heavy (non-hydrogen) atoms. The van der Waals surface area contributed by atoms with E-state index in [9.17, 15) is 9.36 Å². The van der Waals surface area contributed by atoms with Gasteiger partial charge in [-0.05, 0) is 0 Å². The second kappa shape index (κ2) is 3.91. The monoisotopic (exact) mass is 180 g/mol. The summed E-state index contributed by atoms with van der Waals surface area (Å²) in [4.78, 5) is 10.4. The molecule has 0 radical (unpaired) electrons. The molecule has 0 aromatic heterocycles. The van der Waals surface area contributed by atoms with Crippen LogP contribution >= 0.6 is 7.92 Å². The fourth-order valence-corrected chi connectivity index (χ4v) is 0.995. The van der Waals surface area contributed by atoms with Crippen LogP contribution in [0.1, 0.15) is 15.9 Å². The van der Waals surface area contributed by atoms with Gasteiger partial charge in [0.15, 0.2) is 0 Å². The third-order valence-corrected chi connectivity index (χ3v) is 1.66. The van der Waals surface area contributed by atoms with E-state index in [0.29, 0.717) is 5.56 Å². The first-order chi connectivity index (χ1) is 5.74. The topological polar surface area (TPSA) is 54.4 Å². The summed E-state index contributed by atoms with van der Waals surface area (Å²) in [7, 11) is -0.200. The molecule has 4 heteroatoms. The Morgan fingerprint density at radius 2 is 1.92 bits per heavy atom. The van der Waals surface area contributed by atoms with Gasteiger partial charge in [0.25, 0.3) is 0 Å². The summed E-state index contributed by atoms with van der Waals surface area (Å²) < 4.78 is 10.1. The van der Waals surface area contributed by atoms with Gasteiger partial charge < -0.3 is 0 Å². The number of carboxylic acid groups (broad SMARTS) is 1. The van der Waals surface area contributed by atoms with E-state index in [1.54, 1.807) is 12.1 Å². The Balaban J connectivity index is 3.06. The molecule has 1 aromatic rings. The summed E-state index contributed by atoms with van der Waals surface area (Å²) in [5, 5.41) is 8.52. The zero-order chi connectivity index (χ0) is 8.97. The second-order valence-electron chi connectivity index (χ2n) is 2.09. The van der Waals surface area contributed by atoms with Crippen molar-refractivity contribution in [2.45, 2.75) is 0 Å². The Morgan fingerprint density at radius 1 is 1.33 bits per heavy atom. The second-order valence-corrected chi connectivity index (χ2v) is 2.49. The Labute approximate surface area is 70.2 Å². The van der Waals surface area contributed by atoms with E-state index < -0.39 is 5.97 Å². The molecule has 0 fully saturated rings. The van der Waals surface area contributed by atoms with Gasteiger partial charge in [0.1, 0.15) is 0 Å². The molecule has 0 spiro atoms. The fourth-order valence-electron chi connectivity index (χ4n) is 0.740. The van der Waals surface area contributed by atoms with Gasteiger partial charge in [0.2, 0.25) is 0 Å². The van der Waals surface area contributed by atoms with E-state index in [4.69, 9.17) is 5.11 Å². The molecule has 0 atom stereocenters. The molecular formula is C8H5O3P. The van der Waals surface area contributed by atoms with Gasteiger partial charge in [-0.2, -0.15) is 0 Å². The molecule has 60 valence electrons. The van der Waals surface area contributed by atoms with Crippen molar-refractivity contribution >= 4 is 13.9 Å². The molecule has 0 aliphatic heterocycles. The number of benzene rings is 1. The van der Waals surface area contributed by atoms with Crippen LogP contribution in [0.2, 0.25) is 0 Å². The van der Waals surface area contributed by atoms with Crippen molar-refractivity contribution in [3.8, 4) is 5.63 Å². The third-order valence-electron chi connectivity index (χ3n) is 1.31. The normalized spacial score (nSPS) is 8.67. The molecule has 0 bridgehead atoms. The summed E-state index contributed by atoms with van der Waals surface area (Å²) in [5.41, 5.74) is 3.33. The zero-order valence-corrected chi connectivity index (χ0v) is 6.91. The van der Waals surface area contributed by atoms with Gasteiger partial charge in [0.05, 0.1) is 0 Å². The molecule has 0 unspecified atom stereocenters. The van der Waals surface area contributed by atoms with E-state index in [1.807, 2.05) is 0 Å². The standard InChI is InChI=1S/C8H5O3P/c9-8(10)7-3-1-6(2-4-7)5-12-11/h1-4H,(H,9,10). The minimum atomic E-state index is -0.971. The third kappa shape index (κ3) is 2.09. The first-order valence-corrected chi connectivity index (χ1v) is 3.97. The van der Waals surface area contributed by atoms with E-state index in [1.165, 1.54) is 12.1 Å². The summed E-state index contributed by atoms with van der Waals surface area (Å²) in [6.45, 7) is 0. The number of hydrogen-bond donors (Lipinski definition) is 1. The maximum atomic E-state index is 10.4. The van der Waals surface area contributed by atoms with Gasteiger partial charge in [0, 0.05) is 0 Å². The fraction of sp³-hybridized carbons (Fsp3) is 0. The Kier molecular flexibility index (Phi) is 2.87. The summed E-state index contributed by atoms with van der Waals surface area (Å²) in [6, 6.07) is 5.98. The van der Waals surface area contributed by atoms with Crippen molar-refractivity contribution in [3.05, 3.63) is 35.4 Å². The van der Waals surface area contributed by atoms with Crippen molar-refractivity contribution in [2.24, 2.45) is 0 Å². The maximum absolute atomic E-state index is 10.4. The van der Waals surface area contributed by atoms with Crippen LogP contribution in [0.5, 0.6) is 0 Å². The predicted octanol–water partition coefficient (Wildman–Crippen LogP) is 1.98.